The summed E-state index contributed by atoms with van der Waals surface area (Å²) < 4.78 is 15.0. The first-order valence-corrected chi connectivity index (χ1v) is 9.04. The minimum Gasteiger partial charge on any atom is -0.480 e. The van der Waals surface area contributed by atoms with E-state index in [1.54, 1.807) is 5.38 Å². The van der Waals surface area contributed by atoms with E-state index in [0.717, 1.165) is 5.56 Å². The molecule has 1 aromatic carbocycles. The van der Waals surface area contributed by atoms with Crippen molar-refractivity contribution in [3.8, 4) is 16.5 Å². The van der Waals surface area contributed by atoms with Crippen molar-refractivity contribution in [1.82, 2.24) is 9.97 Å². The van der Waals surface area contributed by atoms with Crippen LogP contribution in [0.2, 0.25) is 0 Å². The quantitative estimate of drug-likeness (QED) is 0.630. The molecule has 8 nitrogen and oxygen atoms in total. The second-order valence-electron chi connectivity index (χ2n) is 5.48. The molecule has 3 rings (SSSR count). The smallest absolute Gasteiger partial charge is 0.412 e. The predicted molar refractivity (Wildman–Crippen MR) is 103 cm³/mol. The first-order valence-electron chi connectivity index (χ1n) is 8.16. The SMILES string of the molecule is COC(=O)c1c(NC(=O)OCc2ccccc2)csc1-c1cnc(OC)cn1. The van der Waals surface area contributed by atoms with E-state index in [1.807, 2.05) is 30.3 Å². The highest BCUT2D eigenvalue weighted by Crippen LogP contribution is 2.35. The van der Waals surface area contributed by atoms with Gasteiger partial charge in [0.2, 0.25) is 5.88 Å². The number of carbonyl (C=O) groups excluding carboxylic acids is 2. The molecule has 0 saturated heterocycles. The molecule has 0 fully saturated rings. The number of esters is 1. The normalized spacial score (nSPS) is 10.2. The maximum absolute atomic E-state index is 12.3. The minimum atomic E-state index is -0.681. The van der Waals surface area contributed by atoms with E-state index in [2.05, 4.69) is 15.3 Å². The summed E-state index contributed by atoms with van der Waals surface area (Å²) in [5, 5.41) is 4.21. The van der Waals surface area contributed by atoms with Crippen LogP contribution in [0, 0.1) is 0 Å². The van der Waals surface area contributed by atoms with Gasteiger partial charge >= 0.3 is 12.1 Å². The van der Waals surface area contributed by atoms with Crippen LogP contribution in [0.25, 0.3) is 10.6 Å². The van der Waals surface area contributed by atoms with Crippen molar-refractivity contribution in [2.24, 2.45) is 0 Å². The van der Waals surface area contributed by atoms with Crippen molar-refractivity contribution in [2.75, 3.05) is 19.5 Å². The van der Waals surface area contributed by atoms with E-state index in [9.17, 15) is 9.59 Å². The molecule has 0 bridgehead atoms. The lowest BCUT2D eigenvalue weighted by Crippen LogP contribution is -2.15. The molecule has 144 valence electrons. The fraction of sp³-hybridized carbons (Fsp3) is 0.158. The van der Waals surface area contributed by atoms with Crippen LogP contribution in [-0.4, -0.2) is 36.3 Å². The fourth-order valence-electron chi connectivity index (χ4n) is 2.35. The van der Waals surface area contributed by atoms with Crippen LogP contribution in [0.1, 0.15) is 15.9 Å². The Labute approximate surface area is 165 Å². The van der Waals surface area contributed by atoms with E-state index in [-0.39, 0.29) is 17.9 Å². The average Bonchev–Trinajstić information content (AvgIpc) is 3.16. The summed E-state index contributed by atoms with van der Waals surface area (Å²) in [4.78, 5) is 33.3. The Morgan fingerprint density at radius 3 is 2.54 bits per heavy atom. The molecule has 0 aliphatic rings. The molecule has 0 radical (unpaired) electrons. The van der Waals surface area contributed by atoms with Crippen LogP contribution in [0.15, 0.2) is 48.1 Å². The van der Waals surface area contributed by atoms with E-state index < -0.39 is 12.1 Å². The highest BCUT2D eigenvalue weighted by Gasteiger charge is 2.23. The van der Waals surface area contributed by atoms with Crippen molar-refractivity contribution in [2.45, 2.75) is 6.61 Å². The average molecular weight is 399 g/mol. The third-order valence-electron chi connectivity index (χ3n) is 3.70. The Morgan fingerprint density at radius 2 is 1.89 bits per heavy atom. The standard InChI is InChI=1S/C19H17N3O5S/c1-25-15-9-20-13(8-21-15)17-16(18(23)26-2)14(11-28-17)22-19(24)27-10-12-6-4-3-5-7-12/h3-9,11H,10H2,1-2H3,(H,22,24). The molecule has 0 aliphatic heterocycles. The number of hydrogen-bond donors (Lipinski definition) is 1. The fourth-order valence-corrected chi connectivity index (χ4v) is 3.30. The number of anilines is 1. The van der Waals surface area contributed by atoms with Crippen molar-refractivity contribution in [3.63, 3.8) is 0 Å². The Bertz CT molecular complexity index is 957. The first-order chi connectivity index (χ1) is 13.6. The summed E-state index contributed by atoms with van der Waals surface area (Å²) in [6.07, 6.45) is 2.24. The number of benzene rings is 1. The molecule has 28 heavy (non-hydrogen) atoms. The van der Waals surface area contributed by atoms with Gasteiger partial charge in [0, 0.05) is 5.38 Å². The monoisotopic (exact) mass is 399 g/mol. The van der Waals surface area contributed by atoms with Gasteiger partial charge in [0.25, 0.3) is 0 Å². The second kappa shape index (κ2) is 8.96. The lowest BCUT2D eigenvalue weighted by Gasteiger charge is -2.08. The minimum absolute atomic E-state index is 0.112. The van der Waals surface area contributed by atoms with Crippen LogP contribution < -0.4 is 10.1 Å². The summed E-state index contributed by atoms with van der Waals surface area (Å²) in [7, 11) is 2.75. The summed E-state index contributed by atoms with van der Waals surface area (Å²) in [6, 6.07) is 9.28. The molecule has 1 N–H and O–H groups in total. The third-order valence-corrected chi connectivity index (χ3v) is 4.70. The van der Waals surface area contributed by atoms with Crippen LogP contribution in [-0.2, 0) is 16.1 Å². The Kier molecular flexibility index (Phi) is 6.18. The van der Waals surface area contributed by atoms with E-state index >= 15 is 0 Å². The van der Waals surface area contributed by atoms with E-state index in [0.29, 0.717) is 16.5 Å². The molecule has 0 atom stereocenters. The number of thiophene rings is 1. The molecule has 0 spiro atoms. The number of nitrogens with zero attached hydrogens (tertiary/aromatic N) is 2. The largest absolute Gasteiger partial charge is 0.480 e. The predicted octanol–water partition coefficient (Wildman–Crippen LogP) is 3.75. The Hall–Kier alpha value is -3.46. The Balaban J connectivity index is 1.79. The molecular weight excluding hydrogens is 382 g/mol. The number of amides is 1. The summed E-state index contributed by atoms with van der Waals surface area (Å²) in [5.74, 6) is -0.255. The van der Waals surface area contributed by atoms with Crippen LogP contribution in [0.3, 0.4) is 0 Å². The van der Waals surface area contributed by atoms with Crippen molar-refractivity contribution >= 4 is 29.1 Å². The molecule has 2 aromatic heterocycles. The highest BCUT2D eigenvalue weighted by molar-refractivity contribution is 7.14. The molecule has 9 heteroatoms. The number of carbonyl (C=O) groups is 2. The van der Waals surface area contributed by atoms with Crippen LogP contribution >= 0.6 is 11.3 Å². The molecule has 2 heterocycles. The van der Waals surface area contributed by atoms with Gasteiger partial charge in [-0.15, -0.1) is 11.3 Å². The molecule has 3 aromatic rings. The summed E-state index contributed by atoms with van der Waals surface area (Å²) >= 11 is 1.23. The lowest BCUT2D eigenvalue weighted by atomic mass is 10.2. The first kappa shape index (κ1) is 19.3. The maximum Gasteiger partial charge on any atom is 0.412 e. The molecule has 1 amide bonds. The summed E-state index contributed by atoms with van der Waals surface area (Å²) in [5.41, 5.74) is 1.77. The zero-order valence-corrected chi connectivity index (χ0v) is 16.0. The van der Waals surface area contributed by atoms with Gasteiger partial charge in [0.15, 0.2) is 0 Å². The number of ether oxygens (including phenoxy) is 3. The van der Waals surface area contributed by atoms with Crippen LogP contribution in [0.4, 0.5) is 10.5 Å². The van der Waals surface area contributed by atoms with Gasteiger partial charge in [-0.05, 0) is 5.56 Å². The number of rotatable bonds is 6. The highest BCUT2D eigenvalue weighted by atomic mass is 32.1. The molecule has 0 unspecified atom stereocenters. The van der Waals surface area contributed by atoms with E-state index in [4.69, 9.17) is 14.2 Å². The van der Waals surface area contributed by atoms with Crippen molar-refractivity contribution in [3.05, 3.63) is 59.2 Å². The Morgan fingerprint density at radius 1 is 1.11 bits per heavy atom. The van der Waals surface area contributed by atoms with Gasteiger partial charge in [-0.3, -0.25) is 5.32 Å². The van der Waals surface area contributed by atoms with Crippen LogP contribution in [0.5, 0.6) is 5.88 Å². The summed E-state index contributed by atoms with van der Waals surface area (Å²) in [6.45, 7) is 0.112. The van der Waals surface area contributed by atoms with Gasteiger partial charge in [-0.2, -0.15) is 0 Å². The van der Waals surface area contributed by atoms with Gasteiger partial charge in [0.05, 0.1) is 42.9 Å². The van der Waals surface area contributed by atoms with Gasteiger partial charge in [0.1, 0.15) is 12.2 Å². The van der Waals surface area contributed by atoms with Gasteiger partial charge in [-0.1, -0.05) is 30.3 Å². The van der Waals surface area contributed by atoms with Crippen molar-refractivity contribution < 1.29 is 23.8 Å². The topological polar surface area (TPSA) is 99.6 Å². The molecule has 0 aliphatic carbocycles. The number of aromatic nitrogens is 2. The van der Waals surface area contributed by atoms with Crippen molar-refractivity contribution in [1.29, 1.82) is 0 Å². The molecular formula is C19H17N3O5S. The lowest BCUT2D eigenvalue weighted by molar-refractivity contribution is 0.0603. The second-order valence-corrected chi connectivity index (χ2v) is 6.36. The van der Waals surface area contributed by atoms with Gasteiger partial charge in [-0.25, -0.2) is 19.6 Å². The van der Waals surface area contributed by atoms with Gasteiger partial charge < -0.3 is 14.2 Å². The maximum atomic E-state index is 12.3. The zero-order valence-electron chi connectivity index (χ0n) is 15.2. The third kappa shape index (κ3) is 4.44. The number of nitrogens with one attached hydrogen (secondary N) is 1. The number of methoxy groups -OCH3 is 2. The molecule has 0 saturated carbocycles. The van der Waals surface area contributed by atoms with E-state index in [1.165, 1.54) is 38.0 Å². The zero-order chi connectivity index (χ0) is 19.9. The number of hydrogen-bond acceptors (Lipinski definition) is 8.